The summed E-state index contributed by atoms with van der Waals surface area (Å²) in [6, 6.07) is -0.739. The highest BCUT2D eigenvalue weighted by molar-refractivity contribution is 5.74. The molecule has 2 amide bonds. The highest BCUT2D eigenvalue weighted by Gasteiger charge is 2.39. The van der Waals surface area contributed by atoms with E-state index in [2.05, 4.69) is 15.7 Å². The number of carbonyl (C=O) groups is 1. The van der Waals surface area contributed by atoms with E-state index in [1.165, 1.54) is 13.2 Å². The Balaban J connectivity index is 1.95. The van der Waals surface area contributed by atoms with E-state index in [9.17, 15) is 23.1 Å². The van der Waals surface area contributed by atoms with Crippen LogP contribution in [0, 0.1) is 5.41 Å². The van der Waals surface area contributed by atoms with Gasteiger partial charge in [-0.25, -0.2) is 4.79 Å². The molecular weight excluding hydrogens is 313 g/mol. The lowest BCUT2D eigenvalue weighted by Gasteiger charge is -2.30. The molecule has 2 rings (SSSR count). The number of aryl methyl sites for hydroxylation is 1. The average Bonchev–Trinajstić information content (AvgIpc) is 3.01. The molecule has 23 heavy (non-hydrogen) atoms. The first-order valence-electron chi connectivity index (χ1n) is 7.40. The molecule has 0 aromatic carbocycles. The second-order valence-corrected chi connectivity index (χ2v) is 6.26. The Labute approximate surface area is 132 Å². The van der Waals surface area contributed by atoms with E-state index in [-0.39, 0.29) is 30.2 Å². The Morgan fingerprint density at radius 1 is 1.57 bits per heavy atom. The zero-order valence-electron chi connectivity index (χ0n) is 13.1. The van der Waals surface area contributed by atoms with Crippen LogP contribution >= 0.6 is 0 Å². The third kappa shape index (κ3) is 3.95. The zero-order chi connectivity index (χ0) is 17.3. The van der Waals surface area contributed by atoms with Crippen molar-refractivity contribution in [1.82, 2.24) is 20.4 Å². The number of hydrogen-bond acceptors (Lipinski definition) is 3. The fourth-order valence-electron chi connectivity index (χ4n) is 2.96. The second kappa shape index (κ2) is 6.38. The van der Waals surface area contributed by atoms with Gasteiger partial charge in [0.15, 0.2) is 5.69 Å². The Bertz CT molecular complexity index is 573. The number of aliphatic hydroxyl groups excluding tert-OH is 1. The third-order valence-corrected chi connectivity index (χ3v) is 4.36. The van der Waals surface area contributed by atoms with Gasteiger partial charge in [-0.05, 0) is 12.8 Å². The highest BCUT2D eigenvalue weighted by Crippen LogP contribution is 2.37. The van der Waals surface area contributed by atoms with Gasteiger partial charge in [-0.3, -0.25) is 4.68 Å². The number of amides is 2. The van der Waals surface area contributed by atoms with Crippen LogP contribution in [-0.4, -0.2) is 33.6 Å². The first-order chi connectivity index (χ1) is 10.7. The van der Waals surface area contributed by atoms with Gasteiger partial charge in [0.2, 0.25) is 0 Å². The summed E-state index contributed by atoms with van der Waals surface area (Å²) in [5, 5.41) is 18.0. The molecule has 9 heteroatoms. The molecular formula is C14H21F3N4O2. The van der Waals surface area contributed by atoms with Crippen LogP contribution in [-0.2, 0) is 19.8 Å². The molecule has 0 saturated heterocycles. The molecule has 2 unspecified atom stereocenters. The van der Waals surface area contributed by atoms with Crippen molar-refractivity contribution in [1.29, 1.82) is 0 Å². The summed E-state index contributed by atoms with van der Waals surface area (Å²) in [5.41, 5.74) is -1.48. The van der Waals surface area contributed by atoms with Crippen LogP contribution in [0.1, 0.15) is 37.4 Å². The first-order valence-corrected chi connectivity index (χ1v) is 7.40. The van der Waals surface area contributed by atoms with Crippen LogP contribution in [0.5, 0.6) is 0 Å². The van der Waals surface area contributed by atoms with Crippen molar-refractivity contribution in [3.63, 3.8) is 0 Å². The van der Waals surface area contributed by atoms with E-state index in [0.717, 1.165) is 23.9 Å². The summed E-state index contributed by atoms with van der Waals surface area (Å²) in [4.78, 5) is 11.9. The summed E-state index contributed by atoms with van der Waals surface area (Å²) >= 11 is 0. The molecule has 1 heterocycles. The number of halogens is 3. The maximum absolute atomic E-state index is 12.8. The molecule has 0 aliphatic heterocycles. The van der Waals surface area contributed by atoms with Crippen LogP contribution < -0.4 is 10.6 Å². The van der Waals surface area contributed by atoms with Gasteiger partial charge < -0.3 is 15.7 Å². The van der Waals surface area contributed by atoms with Gasteiger partial charge in [-0.15, -0.1) is 0 Å². The van der Waals surface area contributed by atoms with Crippen molar-refractivity contribution >= 4 is 6.03 Å². The SMILES string of the molecule is Cn1cc(CNC(=O)NC2CCCC2(C)CO)c(C(F)(F)F)n1. The number of rotatable bonds is 4. The summed E-state index contributed by atoms with van der Waals surface area (Å²) in [6.45, 7) is 1.57. The Kier molecular flexibility index (Phi) is 4.88. The van der Waals surface area contributed by atoms with Gasteiger partial charge in [-0.2, -0.15) is 18.3 Å². The van der Waals surface area contributed by atoms with E-state index in [4.69, 9.17) is 0 Å². The van der Waals surface area contributed by atoms with Crippen molar-refractivity contribution in [2.24, 2.45) is 12.5 Å². The predicted molar refractivity (Wildman–Crippen MR) is 76.4 cm³/mol. The Hall–Kier alpha value is -1.77. The average molecular weight is 334 g/mol. The molecule has 1 aromatic rings. The number of urea groups is 1. The van der Waals surface area contributed by atoms with Gasteiger partial charge in [0, 0.05) is 36.8 Å². The standard InChI is InChI=1S/C14H21F3N4O2/c1-13(8-22)5-3-4-10(13)19-12(23)18-6-9-7-21(2)20-11(9)14(15,16)17/h7,10,22H,3-6,8H2,1-2H3,(H2,18,19,23). The lowest BCUT2D eigenvalue weighted by Crippen LogP contribution is -2.48. The molecule has 0 radical (unpaired) electrons. The van der Waals surface area contributed by atoms with Gasteiger partial charge in [0.05, 0.1) is 6.61 Å². The predicted octanol–water partition coefficient (Wildman–Crippen LogP) is 1.79. The van der Waals surface area contributed by atoms with Gasteiger partial charge in [0.1, 0.15) is 0 Å². The molecule has 0 spiro atoms. The fraction of sp³-hybridized carbons (Fsp3) is 0.714. The number of hydrogen-bond donors (Lipinski definition) is 3. The number of nitrogens with zero attached hydrogens (tertiary/aromatic N) is 2. The minimum Gasteiger partial charge on any atom is -0.396 e. The maximum Gasteiger partial charge on any atom is 0.435 e. The molecule has 130 valence electrons. The smallest absolute Gasteiger partial charge is 0.396 e. The van der Waals surface area contributed by atoms with Crippen LogP contribution in [0.15, 0.2) is 6.20 Å². The van der Waals surface area contributed by atoms with Crippen molar-refractivity contribution < 1.29 is 23.1 Å². The molecule has 1 aliphatic rings. The highest BCUT2D eigenvalue weighted by atomic mass is 19.4. The maximum atomic E-state index is 12.8. The lowest BCUT2D eigenvalue weighted by molar-refractivity contribution is -0.142. The third-order valence-electron chi connectivity index (χ3n) is 4.36. The molecule has 1 fully saturated rings. The molecule has 0 bridgehead atoms. The largest absolute Gasteiger partial charge is 0.435 e. The minimum atomic E-state index is -4.56. The fourth-order valence-corrected chi connectivity index (χ4v) is 2.96. The minimum absolute atomic E-state index is 0.0429. The monoisotopic (exact) mass is 334 g/mol. The number of nitrogens with one attached hydrogen (secondary N) is 2. The van der Waals surface area contributed by atoms with E-state index < -0.39 is 17.9 Å². The summed E-state index contributed by atoms with van der Waals surface area (Å²) < 4.78 is 39.6. The number of aromatic nitrogens is 2. The number of alkyl halides is 3. The van der Waals surface area contributed by atoms with Gasteiger partial charge >= 0.3 is 12.2 Å². The number of aliphatic hydroxyl groups is 1. The van der Waals surface area contributed by atoms with E-state index in [0.29, 0.717) is 0 Å². The quantitative estimate of drug-likeness (QED) is 0.785. The van der Waals surface area contributed by atoms with E-state index in [1.807, 2.05) is 6.92 Å². The Morgan fingerprint density at radius 2 is 2.26 bits per heavy atom. The molecule has 1 saturated carbocycles. The van der Waals surface area contributed by atoms with Gasteiger partial charge in [-0.1, -0.05) is 13.3 Å². The van der Waals surface area contributed by atoms with E-state index in [1.54, 1.807) is 0 Å². The van der Waals surface area contributed by atoms with Crippen LogP contribution in [0.2, 0.25) is 0 Å². The lowest BCUT2D eigenvalue weighted by atomic mass is 9.86. The van der Waals surface area contributed by atoms with Crippen molar-refractivity contribution in [3.05, 3.63) is 17.5 Å². The molecule has 6 nitrogen and oxygen atoms in total. The summed E-state index contributed by atoms with van der Waals surface area (Å²) in [6.07, 6.45) is -0.893. The Morgan fingerprint density at radius 3 is 2.87 bits per heavy atom. The normalized spacial score (nSPS) is 24.7. The van der Waals surface area contributed by atoms with Crippen molar-refractivity contribution in [2.75, 3.05) is 6.61 Å². The van der Waals surface area contributed by atoms with Gasteiger partial charge in [0.25, 0.3) is 0 Å². The second-order valence-electron chi connectivity index (χ2n) is 6.26. The summed E-state index contributed by atoms with van der Waals surface area (Å²) in [5.74, 6) is 0. The van der Waals surface area contributed by atoms with Crippen molar-refractivity contribution in [3.8, 4) is 0 Å². The zero-order valence-corrected chi connectivity index (χ0v) is 13.1. The van der Waals surface area contributed by atoms with E-state index >= 15 is 0 Å². The molecule has 1 aliphatic carbocycles. The first kappa shape index (κ1) is 17.6. The van der Waals surface area contributed by atoms with Crippen molar-refractivity contribution in [2.45, 2.75) is 44.9 Å². The summed E-state index contributed by atoms with van der Waals surface area (Å²) in [7, 11) is 1.39. The van der Waals surface area contributed by atoms with Crippen LogP contribution in [0.4, 0.5) is 18.0 Å². The molecule has 1 aromatic heterocycles. The molecule has 3 N–H and O–H groups in total. The number of carbonyl (C=O) groups excluding carboxylic acids is 1. The van der Waals surface area contributed by atoms with Crippen LogP contribution in [0.3, 0.4) is 0 Å². The topological polar surface area (TPSA) is 79.2 Å². The van der Waals surface area contributed by atoms with Crippen LogP contribution in [0.25, 0.3) is 0 Å². The molecule has 2 atom stereocenters.